The summed E-state index contributed by atoms with van der Waals surface area (Å²) in [5, 5.41) is 14.0. The minimum atomic E-state index is -4.58. The van der Waals surface area contributed by atoms with Gasteiger partial charge >= 0.3 is 0 Å². The van der Waals surface area contributed by atoms with Crippen LogP contribution in [0.5, 0.6) is 0 Å². The summed E-state index contributed by atoms with van der Waals surface area (Å²) in [6.07, 6.45) is 87.1. The van der Waals surface area contributed by atoms with Gasteiger partial charge in [0, 0.05) is 6.42 Å². The van der Waals surface area contributed by atoms with Gasteiger partial charge in [0.15, 0.2) is 0 Å². The Morgan fingerprint density at radius 2 is 0.772 bits per heavy atom. The van der Waals surface area contributed by atoms with Gasteiger partial charge in [-0.05, 0) is 83.5 Å². The van der Waals surface area contributed by atoms with Crippen LogP contribution >= 0.6 is 7.82 Å². The first kappa shape index (κ1) is 76.2. The van der Waals surface area contributed by atoms with E-state index in [2.05, 4.69) is 129 Å². The Hall–Kier alpha value is -2.84. The maximum Gasteiger partial charge on any atom is 0.268 e. The number of amides is 1. The van der Waals surface area contributed by atoms with Crippen LogP contribution < -0.4 is 10.2 Å². The van der Waals surface area contributed by atoms with Crippen molar-refractivity contribution in [2.75, 3.05) is 40.9 Å². The van der Waals surface area contributed by atoms with E-state index in [1.165, 1.54) is 154 Å². The van der Waals surface area contributed by atoms with Gasteiger partial charge in [-0.15, -0.1) is 0 Å². The van der Waals surface area contributed by atoms with E-state index >= 15 is 0 Å². The lowest BCUT2D eigenvalue weighted by atomic mass is 10.0. The highest BCUT2D eigenvalue weighted by Crippen LogP contribution is 2.38. The lowest BCUT2D eigenvalue weighted by Crippen LogP contribution is -2.46. The van der Waals surface area contributed by atoms with Crippen molar-refractivity contribution in [3.8, 4) is 0 Å². The topological polar surface area (TPSA) is 108 Å². The van der Waals surface area contributed by atoms with E-state index in [0.29, 0.717) is 23.9 Å². The Labute approximate surface area is 489 Å². The molecule has 0 aromatic heterocycles. The van der Waals surface area contributed by atoms with Gasteiger partial charge in [-0.25, -0.2) is 0 Å². The number of rotatable bonds is 59. The maximum atomic E-state index is 13.0. The van der Waals surface area contributed by atoms with Crippen molar-refractivity contribution in [2.24, 2.45) is 0 Å². The number of nitrogens with zero attached hydrogens (tertiary/aromatic N) is 1. The van der Waals surface area contributed by atoms with Crippen LogP contribution in [0.25, 0.3) is 0 Å². The van der Waals surface area contributed by atoms with Gasteiger partial charge in [0.1, 0.15) is 13.2 Å². The molecule has 79 heavy (non-hydrogen) atoms. The number of carbonyl (C=O) groups is 1. The van der Waals surface area contributed by atoms with E-state index in [0.717, 1.165) is 96.3 Å². The van der Waals surface area contributed by atoms with Gasteiger partial charge in [-0.2, -0.15) is 0 Å². The van der Waals surface area contributed by atoms with Gasteiger partial charge in [-0.3, -0.25) is 9.36 Å². The highest BCUT2D eigenvalue weighted by Gasteiger charge is 2.24. The number of aliphatic hydroxyl groups excluding tert-OH is 1. The van der Waals surface area contributed by atoms with Gasteiger partial charge in [0.2, 0.25) is 5.91 Å². The number of nitrogens with one attached hydrogen (secondary N) is 1. The molecule has 0 aromatic rings. The molecule has 0 bridgehead atoms. The molecule has 456 valence electrons. The number of quaternary nitrogens is 1. The third-order valence-electron chi connectivity index (χ3n) is 14.3. The molecular weight excluding hydrogens is 996 g/mol. The molecule has 0 aliphatic rings. The SMILES string of the molecule is CC/C=C\C/C=C\C/C=C\C/C=C\C/C=C\C/C=C\C/C=C\C/C=C\C/C=C\CCCCCCCCCCCCCCCC(=O)NC(COP(=O)([O-])OCC[N+](C)(C)C)C(O)CCCCCCCCCCCCCCCCCC. The molecule has 0 heterocycles. The second-order valence-electron chi connectivity index (χ2n) is 23.1. The van der Waals surface area contributed by atoms with Crippen molar-refractivity contribution in [3.63, 3.8) is 0 Å². The molecule has 2 N–H and O–H groups in total. The van der Waals surface area contributed by atoms with Crippen LogP contribution in [0.2, 0.25) is 0 Å². The van der Waals surface area contributed by atoms with Crippen LogP contribution in [0.3, 0.4) is 0 Å². The van der Waals surface area contributed by atoms with E-state index < -0.39 is 20.0 Å². The summed E-state index contributed by atoms with van der Waals surface area (Å²) in [6.45, 7) is 4.62. The molecule has 0 spiro atoms. The lowest BCUT2D eigenvalue weighted by molar-refractivity contribution is -0.870. The zero-order chi connectivity index (χ0) is 57.7. The smallest absolute Gasteiger partial charge is 0.268 e. The number of phosphoric ester groups is 1. The number of likely N-dealkylation sites (N-methyl/N-ethyl adjacent to an activating group) is 1. The number of hydrogen-bond donors (Lipinski definition) is 2. The Morgan fingerprint density at radius 3 is 1.13 bits per heavy atom. The van der Waals surface area contributed by atoms with E-state index in [-0.39, 0.29) is 19.1 Å². The van der Waals surface area contributed by atoms with Crippen molar-refractivity contribution < 1.29 is 32.9 Å². The maximum absolute atomic E-state index is 13.0. The molecule has 0 fully saturated rings. The lowest BCUT2D eigenvalue weighted by Gasteiger charge is -2.30. The Bertz CT molecular complexity index is 1650. The predicted molar refractivity (Wildman–Crippen MR) is 343 cm³/mol. The molecule has 0 aliphatic carbocycles. The number of aliphatic hydroxyl groups is 1. The quantitative estimate of drug-likeness (QED) is 0.0272. The first-order valence-electron chi connectivity index (χ1n) is 32.7. The monoisotopic (exact) mass is 1120 g/mol. The predicted octanol–water partition coefficient (Wildman–Crippen LogP) is 20.1. The highest BCUT2D eigenvalue weighted by atomic mass is 31.2. The zero-order valence-corrected chi connectivity index (χ0v) is 52.9. The fourth-order valence-electron chi connectivity index (χ4n) is 9.21. The normalized spacial score (nSPS) is 14.5. The number of hydrogen-bond acceptors (Lipinski definition) is 6. The molecular formula is C70H125N2O6P. The zero-order valence-electron chi connectivity index (χ0n) is 52.0. The molecule has 8 nitrogen and oxygen atoms in total. The Kier molecular flexibility index (Phi) is 57.6. The molecule has 3 atom stereocenters. The average molecular weight is 1120 g/mol. The van der Waals surface area contributed by atoms with Crippen molar-refractivity contribution in [3.05, 3.63) is 109 Å². The summed E-state index contributed by atoms with van der Waals surface area (Å²) < 4.78 is 23.4. The average Bonchev–Trinajstić information content (AvgIpc) is 3.42. The summed E-state index contributed by atoms with van der Waals surface area (Å²) >= 11 is 0. The van der Waals surface area contributed by atoms with Crippen molar-refractivity contribution >= 4 is 13.7 Å². The molecule has 0 aliphatic heterocycles. The third kappa shape index (κ3) is 62.6. The van der Waals surface area contributed by atoms with Gasteiger partial charge in [-0.1, -0.05) is 297 Å². The Morgan fingerprint density at radius 1 is 0.456 bits per heavy atom. The fourth-order valence-corrected chi connectivity index (χ4v) is 9.93. The largest absolute Gasteiger partial charge is 0.756 e. The summed E-state index contributed by atoms with van der Waals surface area (Å²) in [5.41, 5.74) is 0. The molecule has 0 saturated heterocycles. The molecule has 0 radical (unpaired) electrons. The van der Waals surface area contributed by atoms with E-state index in [1.54, 1.807) is 0 Å². The van der Waals surface area contributed by atoms with Gasteiger partial charge in [0.25, 0.3) is 7.82 Å². The van der Waals surface area contributed by atoms with E-state index in [1.807, 2.05) is 21.1 Å². The molecule has 9 heteroatoms. The number of phosphoric acid groups is 1. The molecule has 3 unspecified atom stereocenters. The van der Waals surface area contributed by atoms with Crippen LogP contribution in [-0.2, 0) is 18.4 Å². The van der Waals surface area contributed by atoms with Crippen LogP contribution in [-0.4, -0.2) is 68.5 Å². The molecule has 1 amide bonds. The van der Waals surface area contributed by atoms with E-state index in [4.69, 9.17) is 9.05 Å². The number of allylic oxidation sites excluding steroid dienone is 18. The standard InChI is InChI=1S/C70H125N2O6P/c1-6-8-10-12-14-16-18-20-22-24-25-26-27-28-29-30-31-32-33-34-35-36-37-38-39-40-41-42-43-44-45-46-47-48-50-52-54-56-58-60-62-64-70(74)71-68(67-78-79(75,76)77-66-65-72(3,4)5)69(73)63-61-59-57-55-53-51-49-23-21-19-17-15-13-11-9-7-2/h8,10,14,16,20,22,25-26,28-29,31-32,34-35,37-38,40-41,68-69,73H,6-7,9,11-13,15,17-19,21,23-24,27,30,33,36,39,42-67H2,1-5H3,(H-,71,74,75,76)/b10-8-,16-14-,22-20-,26-25-,29-28-,32-31-,35-34-,38-37-,41-40-. The minimum Gasteiger partial charge on any atom is -0.756 e. The molecule has 0 rings (SSSR count). The highest BCUT2D eigenvalue weighted by molar-refractivity contribution is 7.45. The van der Waals surface area contributed by atoms with Crippen molar-refractivity contribution in [1.82, 2.24) is 5.32 Å². The number of carbonyl (C=O) groups excluding carboxylic acids is 1. The minimum absolute atomic E-state index is 0.00891. The molecule has 0 aromatic carbocycles. The van der Waals surface area contributed by atoms with Crippen LogP contribution in [0.1, 0.15) is 277 Å². The van der Waals surface area contributed by atoms with Gasteiger partial charge in [0.05, 0.1) is 39.9 Å². The van der Waals surface area contributed by atoms with Crippen LogP contribution in [0.15, 0.2) is 109 Å². The number of unbranched alkanes of at least 4 members (excludes halogenated alkanes) is 28. The first-order valence-corrected chi connectivity index (χ1v) is 34.2. The summed E-state index contributed by atoms with van der Waals surface area (Å²) in [5.74, 6) is -0.168. The summed E-state index contributed by atoms with van der Waals surface area (Å²) in [7, 11) is 1.30. The molecule has 0 saturated carbocycles. The van der Waals surface area contributed by atoms with Crippen LogP contribution in [0.4, 0.5) is 0 Å². The van der Waals surface area contributed by atoms with Gasteiger partial charge < -0.3 is 28.8 Å². The van der Waals surface area contributed by atoms with E-state index in [9.17, 15) is 19.4 Å². The Balaban J connectivity index is 4.02. The summed E-state index contributed by atoms with van der Waals surface area (Å²) in [6, 6.07) is -0.807. The second kappa shape index (κ2) is 59.8. The second-order valence-corrected chi connectivity index (χ2v) is 24.5. The van der Waals surface area contributed by atoms with Crippen molar-refractivity contribution in [1.29, 1.82) is 0 Å². The third-order valence-corrected chi connectivity index (χ3v) is 15.2. The summed E-state index contributed by atoms with van der Waals surface area (Å²) in [4.78, 5) is 25.6. The first-order chi connectivity index (χ1) is 38.5. The van der Waals surface area contributed by atoms with Crippen molar-refractivity contribution in [2.45, 2.75) is 289 Å². The fraction of sp³-hybridized carbons (Fsp3) is 0.729. The van der Waals surface area contributed by atoms with Crippen LogP contribution in [0, 0.1) is 0 Å².